The first-order valence-electron chi connectivity index (χ1n) is 10.8. The first-order valence-corrected chi connectivity index (χ1v) is 10.8. The number of rotatable bonds is 6. The Bertz CT molecular complexity index is 1100. The molecular weight excluding hydrogens is 400 g/mol. The minimum atomic E-state index is -0.999. The molecule has 0 spiro atoms. The van der Waals surface area contributed by atoms with Crippen LogP contribution in [-0.2, 0) is 0 Å². The number of aromatic nitrogens is 3. The van der Waals surface area contributed by atoms with Gasteiger partial charge in [0.05, 0.1) is 5.60 Å². The normalized spacial score (nSPS) is 22.4. The maximum Gasteiger partial charge on any atom is 0.233 e. The summed E-state index contributed by atoms with van der Waals surface area (Å²) in [7, 11) is 0. The van der Waals surface area contributed by atoms with Crippen molar-refractivity contribution < 1.29 is 5.11 Å². The van der Waals surface area contributed by atoms with Crippen molar-refractivity contribution in [3.63, 3.8) is 0 Å². The Balaban J connectivity index is 1.61. The van der Waals surface area contributed by atoms with Crippen LogP contribution in [0.2, 0.25) is 0 Å². The molecule has 0 aliphatic heterocycles. The van der Waals surface area contributed by atoms with Crippen molar-refractivity contribution >= 4 is 23.5 Å². The van der Waals surface area contributed by atoms with E-state index in [-0.39, 0.29) is 0 Å². The molecule has 0 fully saturated rings. The average Bonchev–Trinajstić information content (AvgIpc) is 3.06. The molecule has 2 aliphatic carbocycles. The molecule has 2 unspecified atom stereocenters. The molecule has 1 aromatic heterocycles. The van der Waals surface area contributed by atoms with E-state index in [1.54, 1.807) is 31.2 Å². The summed E-state index contributed by atoms with van der Waals surface area (Å²) >= 11 is 0. The molecule has 2 atom stereocenters. The van der Waals surface area contributed by atoms with Gasteiger partial charge >= 0.3 is 0 Å². The smallest absolute Gasteiger partial charge is 0.233 e. The van der Waals surface area contributed by atoms with Crippen LogP contribution in [0.5, 0.6) is 0 Å². The first-order chi connectivity index (χ1) is 15.4. The molecule has 7 nitrogen and oxygen atoms in total. The Hall–Kier alpha value is -3.71. The summed E-state index contributed by atoms with van der Waals surface area (Å²) in [5, 5.41) is 20.0. The highest BCUT2D eigenvalue weighted by atomic mass is 16.3. The molecular formula is C25H28N6O. The Morgan fingerprint density at radius 2 is 1.56 bits per heavy atom. The van der Waals surface area contributed by atoms with Gasteiger partial charge in [0.25, 0.3) is 0 Å². The lowest BCUT2D eigenvalue weighted by molar-refractivity contribution is 0.164. The van der Waals surface area contributed by atoms with Crippen LogP contribution in [0.4, 0.5) is 23.5 Å². The molecule has 1 aromatic carbocycles. The van der Waals surface area contributed by atoms with Gasteiger partial charge in [-0.15, -0.1) is 0 Å². The third kappa shape index (κ3) is 6.15. The van der Waals surface area contributed by atoms with Crippen LogP contribution in [0.1, 0.15) is 26.7 Å². The number of hydrogen-bond acceptors (Lipinski definition) is 7. The van der Waals surface area contributed by atoms with E-state index < -0.39 is 5.60 Å². The quantitative estimate of drug-likeness (QED) is 0.510. The summed E-state index contributed by atoms with van der Waals surface area (Å²) in [4.78, 5) is 13.6. The standard InChI is InChI=1S/C25H28N6O/c1-18-8-6-11-20(14-13-18)27-23-29-22(26-19-9-4-3-5-10-19)30-24(31-23)28-21-12-7-16-25(2,32)17-15-21/h3-7,9-12,14-18,32H,8,13H2,1-2H3,(H3,26,27,28,29,30,31). The number of benzene rings is 1. The molecule has 4 N–H and O–H groups in total. The number of aliphatic hydroxyl groups is 1. The highest BCUT2D eigenvalue weighted by Gasteiger charge is 2.14. The third-order valence-electron chi connectivity index (χ3n) is 5.06. The van der Waals surface area contributed by atoms with Gasteiger partial charge in [-0.25, -0.2) is 0 Å². The van der Waals surface area contributed by atoms with Crippen molar-refractivity contribution in [2.45, 2.75) is 32.3 Å². The maximum atomic E-state index is 10.2. The molecule has 164 valence electrons. The molecule has 7 heteroatoms. The maximum absolute atomic E-state index is 10.2. The van der Waals surface area contributed by atoms with Crippen LogP contribution >= 0.6 is 0 Å². The molecule has 0 saturated heterocycles. The second kappa shape index (κ2) is 9.62. The van der Waals surface area contributed by atoms with Crippen molar-refractivity contribution in [2.75, 3.05) is 16.0 Å². The lowest BCUT2D eigenvalue weighted by atomic mass is 10.1. The average molecular weight is 429 g/mol. The van der Waals surface area contributed by atoms with Gasteiger partial charge in [0.1, 0.15) is 0 Å². The predicted octanol–water partition coefficient (Wildman–Crippen LogP) is 5.07. The van der Waals surface area contributed by atoms with Gasteiger partial charge < -0.3 is 21.1 Å². The lowest BCUT2D eigenvalue weighted by Gasteiger charge is -2.13. The highest BCUT2D eigenvalue weighted by Crippen LogP contribution is 2.21. The molecule has 0 amide bonds. The number of para-hydroxylation sites is 1. The first kappa shape index (κ1) is 21.5. The van der Waals surface area contributed by atoms with Gasteiger partial charge in [-0.1, -0.05) is 43.4 Å². The topological polar surface area (TPSA) is 95.0 Å². The Labute approximate surface area is 188 Å². The predicted molar refractivity (Wildman–Crippen MR) is 129 cm³/mol. The van der Waals surface area contributed by atoms with Crippen molar-refractivity contribution in [3.8, 4) is 0 Å². The number of allylic oxidation sites excluding steroid dienone is 6. The fourth-order valence-corrected chi connectivity index (χ4v) is 3.26. The molecule has 0 bridgehead atoms. The second-order valence-corrected chi connectivity index (χ2v) is 8.23. The zero-order valence-electron chi connectivity index (χ0n) is 18.3. The van der Waals surface area contributed by atoms with Crippen LogP contribution in [0, 0.1) is 5.92 Å². The van der Waals surface area contributed by atoms with Gasteiger partial charge in [0, 0.05) is 17.1 Å². The van der Waals surface area contributed by atoms with Crippen molar-refractivity contribution in [2.24, 2.45) is 5.92 Å². The van der Waals surface area contributed by atoms with Crippen LogP contribution < -0.4 is 16.0 Å². The van der Waals surface area contributed by atoms with E-state index in [2.05, 4.69) is 56.1 Å². The van der Waals surface area contributed by atoms with E-state index in [0.29, 0.717) is 23.8 Å². The van der Waals surface area contributed by atoms with Gasteiger partial charge in [0.2, 0.25) is 17.8 Å². The van der Waals surface area contributed by atoms with Crippen LogP contribution in [-0.4, -0.2) is 25.7 Å². The van der Waals surface area contributed by atoms with Crippen LogP contribution in [0.15, 0.2) is 90.3 Å². The molecule has 0 radical (unpaired) electrons. The van der Waals surface area contributed by atoms with Crippen LogP contribution in [0.3, 0.4) is 0 Å². The van der Waals surface area contributed by atoms with E-state index in [1.165, 1.54) is 0 Å². The van der Waals surface area contributed by atoms with Gasteiger partial charge in [-0.2, -0.15) is 15.0 Å². The van der Waals surface area contributed by atoms with Crippen molar-refractivity contribution in [1.82, 2.24) is 15.0 Å². The second-order valence-electron chi connectivity index (χ2n) is 8.23. The summed E-state index contributed by atoms with van der Waals surface area (Å²) in [6, 6.07) is 9.75. The number of hydrogen-bond donors (Lipinski definition) is 4. The van der Waals surface area contributed by atoms with E-state index in [9.17, 15) is 5.11 Å². The fourth-order valence-electron chi connectivity index (χ4n) is 3.26. The molecule has 2 aromatic rings. The molecule has 2 aliphatic rings. The third-order valence-corrected chi connectivity index (χ3v) is 5.06. The number of nitrogens with zero attached hydrogens (tertiary/aromatic N) is 3. The van der Waals surface area contributed by atoms with Gasteiger partial charge in [-0.3, -0.25) is 0 Å². The Kier molecular flexibility index (Phi) is 6.47. The molecule has 0 saturated carbocycles. The van der Waals surface area contributed by atoms with Gasteiger partial charge in [0.15, 0.2) is 0 Å². The molecule has 4 rings (SSSR count). The lowest BCUT2D eigenvalue weighted by Crippen LogP contribution is -2.16. The van der Waals surface area contributed by atoms with E-state index in [4.69, 9.17) is 0 Å². The van der Waals surface area contributed by atoms with Crippen molar-refractivity contribution in [1.29, 1.82) is 0 Å². The Morgan fingerprint density at radius 1 is 0.875 bits per heavy atom. The summed E-state index contributed by atoms with van der Waals surface area (Å²) in [6.07, 6.45) is 17.3. The SMILES string of the molecule is CC1CC=CC(Nc2nc(NC3=CC=CC(C)(O)C=C3)nc(Nc3ccccc3)n2)=CC1. The van der Waals surface area contributed by atoms with E-state index in [1.807, 2.05) is 36.4 Å². The molecule has 32 heavy (non-hydrogen) atoms. The minimum absolute atomic E-state index is 0.387. The zero-order chi connectivity index (χ0) is 22.4. The van der Waals surface area contributed by atoms with E-state index in [0.717, 1.165) is 29.9 Å². The Morgan fingerprint density at radius 3 is 2.31 bits per heavy atom. The van der Waals surface area contributed by atoms with Gasteiger partial charge in [-0.05, 0) is 68.2 Å². The number of anilines is 4. The monoisotopic (exact) mass is 428 g/mol. The summed E-state index contributed by atoms with van der Waals surface area (Å²) < 4.78 is 0. The largest absolute Gasteiger partial charge is 0.382 e. The summed E-state index contributed by atoms with van der Waals surface area (Å²) in [6.45, 7) is 3.95. The van der Waals surface area contributed by atoms with Crippen molar-refractivity contribution in [3.05, 3.63) is 90.3 Å². The highest BCUT2D eigenvalue weighted by molar-refractivity contribution is 5.57. The van der Waals surface area contributed by atoms with Crippen LogP contribution in [0.25, 0.3) is 0 Å². The number of nitrogens with one attached hydrogen (secondary N) is 3. The summed E-state index contributed by atoms with van der Waals surface area (Å²) in [5.74, 6) is 1.85. The minimum Gasteiger partial charge on any atom is -0.382 e. The zero-order valence-corrected chi connectivity index (χ0v) is 18.3. The van der Waals surface area contributed by atoms with E-state index >= 15 is 0 Å². The molecule has 1 heterocycles. The summed E-state index contributed by atoms with van der Waals surface area (Å²) in [5.41, 5.74) is 1.60. The fraction of sp³-hybridized carbons (Fsp3) is 0.240.